The summed E-state index contributed by atoms with van der Waals surface area (Å²) in [6.07, 6.45) is 3.96. The van der Waals surface area contributed by atoms with Crippen molar-refractivity contribution in [2.45, 2.75) is 11.3 Å². The monoisotopic (exact) mass is 470 g/mol. The molecule has 0 atom stereocenters. The SMILES string of the molecule is O=C1Nc2cc(Cl)c(Cl)cc2S(=O)(=O)N1CCCN1CCN(c2ncccn2)CC1. The third kappa shape index (κ3) is 4.18. The number of carbonyl (C=O) groups is 1. The van der Waals surface area contributed by atoms with Crippen molar-refractivity contribution in [2.24, 2.45) is 0 Å². The number of piperazine rings is 1. The minimum Gasteiger partial charge on any atom is -0.338 e. The Balaban J connectivity index is 1.34. The van der Waals surface area contributed by atoms with Crippen LogP contribution in [0.15, 0.2) is 35.5 Å². The first-order valence-corrected chi connectivity index (χ1v) is 11.6. The number of amides is 2. The maximum atomic E-state index is 12.9. The summed E-state index contributed by atoms with van der Waals surface area (Å²) in [7, 11) is -3.98. The number of hydrogen-bond donors (Lipinski definition) is 1. The van der Waals surface area contributed by atoms with E-state index < -0.39 is 16.1 Å². The molecule has 1 fully saturated rings. The van der Waals surface area contributed by atoms with Gasteiger partial charge in [-0.1, -0.05) is 23.2 Å². The zero-order valence-electron chi connectivity index (χ0n) is 16.0. The highest BCUT2D eigenvalue weighted by atomic mass is 35.5. The van der Waals surface area contributed by atoms with E-state index in [1.807, 2.05) is 0 Å². The van der Waals surface area contributed by atoms with Crippen LogP contribution in [0.4, 0.5) is 16.4 Å². The van der Waals surface area contributed by atoms with E-state index in [9.17, 15) is 13.2 Å². The number of hydrogen-bond acceptors (Lipinski definition) is 7. The molecule has 1 saturated heterocycles. The number of carbonyl (C=O) groups excluding carboxylic acids is 1. The molecule has 0 aliphatic carbocycles. The van der Waals surface area contributed by atoms with Gasteiger partial charge in [-0.15, -0.1) is 0 Å². The molecule has 9 nitrogen and oxygen atoms in total. The van der Waals surface area contributed by atoms with Crippen LogP contribution in [0.5, 0.6) is 0 Å². The summed E-state index contributed by atoms with van der Waals surface area (Å²) < 4.78 is 26.6. The molecule has 2 amide bonds. The van der Waals surface area contributed by atoms with E-state index in [1.165, 1.54) is 12.1 Å². The number of aromatic nitrogens is 2. The van der Waals surface area contributed by atoms with Crippen LogP contribution in [0.25, 0.3) is 0 Å². The van der Waals surface area contributed by atoms with E-state index in [0.717, 1.165) is 30.5 Å². The van der Waals surface area contributed by atoms with Gasteiger partial charge in [0.05, 0.1) is 15.7 Å². The Morgan fingerprint density at radius 2 is 1.67 bits per heavy atom. The summed E-state index contributed by atoms with van der Waals surface area (Å²) in [5.41, 5.74) is 0.143. The van der Waals surface area contributed by atoms with Gasteiger partial charge >= 0.3 is 6.03 Å². The topological polar surface area (TPSA) is 98.7 Å². The summed E-state index contributed by atoms with van der Waals surface area (Å²) in [6, 6.07) is 3.71. The van der Waals surface area contributed by atoms with E-state index in [0.29, 0.717) is 18.9 Å². The molecule has 2 aromatic rings. The first-order valence-electron chi connectivity index (χ1n) is 9.43. The molecular weight excluding hydrogens is 451 g/mol. The van der Waals surface area contributed by atoms with Crippen molar-refractivity contribution in [3.63, 3.8) is 0 Å². The Bertz CT molecular complexity index is 1050. The van der Waals surface area contributed by atoms with Gasteiger partial charge in [0.1, 0.15) is 4.90 Å². The van der Waals surface area contributed by atoms with E-state index >= 15 is 0 Å². The fourth-order valence-corrected chi connectivity index (χ4v) is 5.45. The number of nitrogens with zero attached hydrogens (tertiary/aromatic N) is 5. The maximum Gasteiger partial charge on any atom is 0.335 e. The maximum absolute atomic E-state index is 12.9. The van der Waals surface area contributed by atoms with Gasteiger partial charge in [-0.2, -0.15) is 0 Å². The number of sulfonamides is 1. The molecule has 2 aliphatic heterocycles. The normalized spacial score (nSPS) is 18.8. The quantitative estimate of drug-likeness (QED) is 0.716. The minimum atomic E-state index is -3.98. The lowest BCUT2D eigenvalue weighted by molar-refractivity contribution is 0.225. The van der Waals surface area contributed by atoms with Crippen LogP contribution in [0.2, 0.25) is 10.0 Å². The second kappa shape index (κ2) is 8.54. The summed E-state index contributed by atoms with van der Waals surface area (Å²) >= 11 is 11.9. The van der Waals surface area contributed by atoms with Crippen LogP contribution in [-0.2, 0) is 10.0 Å². The average Bonchev–Trinajstić information content (AvgIpc) is 2.73. The molecule has 12 heteroatoms. The van der Waals surface area contributed by atoms with Crippen LogP contribution in [0.3, 0.4) is 0 Å². The van der Waals surface area contributed by atoms with Crippen LogP contribution >= 0.6 is 23.2 Å². The highest BCUT2D eigenvalue weighted by Gasteiger charge is 2.37. The van der Waals surface area contributed by atoms with Gasteiger partial charge in [0.25, 0.3) is 10.0 Å². The van der Waals surface area contributed by atoms with Gasteiger partial charge in [0.15, 0.2) is 0 Å². The minimum absolute atomic E-state index is 0.0482. The lowest BCUT2D eigenvalue weighted by Crippen LogP contribution is -2.48. The lowest BCUT2D eigenvalue weighted by atomic mass is 10.3. The summed E-state index contributed by atoms with van der Waals surface area (Å²) in [5, 5.41) is 2.88. The zero-order valence-corrected chi connectivity index (χ0v) is 18.3. The molecule has 1 N–H and O–H groups in total. The van der Waals surface area contributed by atoms with Gasteiger partial charge in [-0.25, -0.2) is 27.5 Å². The largest absolute Gasteiger partial charge is 0.338 e. The Hall–Kier alpha value is -2.14. The van der Waals surface area contributed by atoms with Crippen molar-refractivity contribution in [1.29, 1.82) is 0 Å². The number of anilines is 2. The molecule has 0 saturated carbocycles. The van der Waals surface area contributed by atoms with Gasteiger partial charge in [-0.3, -0.25) is 4.90 Å². The van der Waals surface area contributed by atoms with Gasteiger partial charge in [-0.05, 0) is 24.6 Å². The van der Waals surface area contributed by atoms with Crippen molar-refractivity contribution in [3.05, 3.63) is 40.6 Å². The van der Waals surface area contributed by atoms with Crippen LogP contribution in [0.1, 0.15) is 6.42 Å². The first-order chi connectivity index (χ1) is 14.4. The highest BCUT2D eigenvalue weighted by molar-refractivity contribution is 7.90. The molecule has 4 rings (SSSR count). The highest BCUT2D eigenvalue weighted by Crippen LogP contribution is 2.36. The molecule has 30 heavy (non-hydrogen) atoms. The smallest absolute Gasteiger partial charge is 0.335 e. The Labute approximate surface area is 184 Å². The molecule has 2 aliphatic rings. The van der Waals surface area contributed by atoms with E-state index in [2.05, 4.69) is 25.1 Å². The van der Waals surface area contributed by atoms with Gasteiger partial charge in [0.2, 0.25) is 5.95 Å². The predicted molar refractivity (Wildman–Crippen MR) is 115 cm³/mol. The third-order valence-corrected chi connectivity index (χ3v) is 7.65. The second-order valence-corrected chi connectivity index (χ2v) is 9.65. The second-order valence-electron chi connectivity index (χ2n) is 7.00. The molecule has 0 spiro atoms. The average molecular weight is 471 g/mol. The van der Waals surface area contributed by atoms with E-state index in [-0.39, 0.29) is 27.2 Å². The Morgan fingerprint density at radius 1 is 1.00 bits per heavy atom. The van der Waals surface area contributed by atoms with Crippen molar-refractivity contribution in [2.75, 3.05) is 49.5 Å². The fourth-order valence-electron chi connectivity index (χ4n) is 3.53. The Morgan fingerprint density at radius 3 is 2.37 bits per heavy atom. The number of fused-ring (bicyclic) bond motifs is 1. The molecule has 0 radical (unpaired) electrons. The molecule has 1 aromatic carbocycles. The molecule has 0 unspecified atom stereocenters. The van der Waals surface area contributed by atoms with Crippen molar-refractivity contribution in [1.82, 2.24) is 19.2 Å². The molecule has 0 bridgehead atoms. The van der Waals surface area contributed by atoms with Gasteiger partial charge in [0, 0.05) is 51.7 Å². The molecule has 3 heterocycles. The van der Waals surface area contributed by atoms with Crippen LogP contribution in [0, 0.1) is 0 Å². The van der Waals surface area contributed by atoms with Crippen molar-refractivity contribution < 1.29 is 13.2 Å². The number of rotatable bonds is 5. The predicted octanol–water partition coefficient (Wildman–Crippen LogP) is 2.53. The van der Waals surface area contributed by atoms with Crippen molar-refractivity contribution >= 4 is 50.9 Å². The molecular formula is C18H20Cl2N6O3S. The van der Waals surface area contributed by atoms with Gasteiger partial charge < -0.3 is 10.2 Å². The third-order valence-electron chi connectivity index (χ3n) is 5.10. The van der Waals surface area contributed by atoms with Crippen LogP contribution in [-0.4, -0.2) is 72.9 Å². The fraction of sp³-hybridized carbons (Fsp3) is 0.389. The standard InChI is InChI=1S/C18H20Cl2N6O3S/c19-13-11-15-16(12-14(13)20)30(28,29)26(18(27)23-15)6-2-5-24-7-9-25(10-8-24)17-21-3-1-4-22-17/h1,3-4,11-12H,2,5-10H2,(H,23,27). The number of halogens is 2. The summed E-state index contributed by atoms with van der Waals surface area (Å²) in [5.74, 6) is 0.714. The number of nitrogens with one attached hydrogen (secondary N) is 1. The van der Waals surface area contributed by atoms with E-state index in [1.54, 1.807) is 18.5 Å². The zero-order chi connectivity index (χ0) is 21.3. The number of benzene rings is 1. The lowest BCUT2D eigenvalue weighted by Gasteiger charge is -2.35. The van der Waals surface area contributed by atoms with E-state index in [4.69, 9.17) is 23.2 Å². The molecule has 160 valence electrons. The Kier molecular flexibility index (Phi) is 6.01. The summed E-state index contributed by atoms with van der Waals surface area (Å²) in [6.45, 7) is 3.97. The van der Waals surface area contributed by atoms with Crippen LogP contribution < -0.4 is 10.2 Å². The molecule has 1 aromatic heterocycles. The first kappa shape index (κ1) is 21.1. The summed E-state index contributed by atoms with van der Waals surface area (Å²) in [4.78, 5) is 25.2. The van der Waals surface area contributed by atoms with Crippen molar-refractivity contribution in [3.8, 4) is 0 Å². The number of urea groups is 1.